The number of phenols is 1. The molecule has 18 heavy (non-hydrogen) atoms. The zero-order valence-corrected chi connectivity index (χ0v) is 11.1. The van der Waals surface area contributed by atoms with Gasteiger partial charge < -0.3 is 15.5 Å². The predicted octanol–water partition coefficient (Wildman–Crippen LogP) is 2.46. The molecule has 1 rings (SSSR count). The quantitative estimate of drug-likeness (QED) is 0.726. The number of phenolic OH excluding ortho intramolecular Hbond substituents is 1. The highest BCUT2D eigenvalue weighted by atomic mass is 16.4. The molecule has 4 nitrogen and oxygen atoms in total. The lowest BCUT2D eigenvalue weighted by molar-refractivity contribution is -0.139. The number of hydrogen-bond acceptors (Lipinski definition) is 3. The third kappa shape index (κ3) is 4.04. The fourth-order valence-corrected chi connectivity index (χ4v) is 1.75. The van der Waals surface area contributed by atoms with Gasteiger partial charge in [0.2, 0.25) is 0 Å². The summed E-state index contributed by atoms with van der Waals surface area (Å²) < 4.78 is 0. The third-order valence-corrected chi connectivity index (χ3v) is 2.81. The Bertz CT molecular complexity index is 416. The number of carbonyl (C=O) groups is 1. The molecule has 1 unspecified atom stereocenters. The normalized spacial score (nSPS) is 12.7. The van der Waals surface area contributed by atoms with Gasteiger partial charge in [0.1, 0.15) is 11.8 Å². The summed E-state index contributed by atoms with van der Waals surface area (Å²) in [6, 6.07) is 4.14. The lowest BCUT2D eigenvalue weighted by Gasteiger charge is -2.17. The molecular weight excluding hydrogens is 230 g/mol. The molecule has 3 N–H and O–H groups in total. The van der Waals surface area contributed by atoms with Crippen molar-refractivity contribution in [2.75, 3.05) is 6.54 Å². The van der Waals surface area contributed by atoms with Gasteiger partial charge in [0, 0.05) is 5.56 Å². The Labute approximate surface area is 108 Å². The monoisotopic (exact) mass is 251 g/mol. The second-order valence-electron chi connectivity index (χ2n) is 4.97. The first-order valence-corrected chi connectivity index (χ1v) is 6.17. The van der Waals surface area contributed by atoms with E-state index < -0.39 is 12.0 Å². The molecule has 0 aromatic heterocycles. The Hall–Kier alpha value is -1.55. The van der Waals surface area contributed by atoms with Gasteiger partial charge in [-0.05, 0) is 31.9 Å². The molecule has 0 aliphatic heterocycles. The average molecular weight is 251 g/mol. The summed E-state index contributed by atoms with van der Waals surface area (Å²) in [5, 5.41) is 22.0. The zero-order valence-electron chi connectivity index (χ0n) is 11.1. The topological polar surface area (TPSA) is 69.6 Å². The van der Waals surface area contributed by atoms with Gasteiger partial charge in [-0.25, -0.2) is 0 Å². The van der Waals surface area contributed by atoms with Crippen molar-refractivity contribution in [3.05, 3.63) is 29.3 Å². The molecule has 0 aliphatic carbocycles. The van der Waals surface area contributed by atoms with Crippen LogP contribution in [0.4, 0.5) is 0 Å². The van der Waals surface area contributed by atoms with Crippen LogP contribution in [0.1, 0.15) is 37.4 Å². The Kier molecular flexibility index (Phi) is 5.16. The van der Waals surface area contributed by atoms with Crippen LogP contribution in [0.3, 0.4) is 0 Å². The summed E-state index contributed by atoms with van der Waals surface area (Å²) in [6.07, 6.45) is 0.899. The molecule has 0 aliphatic rings. The van der Waals surface area contributed by atoms with E-state index in [9.17, 15) is 15.0 Å². The van der Waals surface area contributed by atoms with Crippen LogP contribution in [-0.2, 0) is 4.79 Å². The maximum absolute atomic E-state index is 11.3. The van der Waals surface area contributed by atoms with E-state index in [1.807, 2.05) is 6.92 Å². The van der Waals surface area contributed by atoms with Crippen molar-refractivity contribution in [1.82, 2.24) is 5.32 Å². The molecule has 0 saturated carbocycles. The van der Waals surface area contributed by atoms with Crippen LogP contribution >= 0.6 is 0 Å². The van der Waals surface area contributed by atoms with Crippen molar-refractivity contribution in [3.63, 3.8) is 0 Å². The van der Waals surface area contributed by atoms with E-state index >= 15 is 0 Å². The largest absolute Gasteiger partial charge is 0.508 e. The van der Waals surface area contributed by atoms with Crippen molar-refractivity contribution in [2.24, 2.45) is 5.92 Å². The third-order valence-electron chi connectivity index (χ3n) is 2.81. The number of nitrogens with one attached hydrogen (secondary N) is 1. The van der Waals surface area contributed by atoms with Gasteiger partial charge in [-0.1, -0.05) is 31.5 Å². The molecule has 0 spiro atoms. The SMILES string of the molecule is Cc1ccc(O)c(C(NCCC(C)C)C(=O)O)c1. The zero-order chi connectivity index (χ0) is 13.7. The number of hydrogen-bond donors (Lipinski definition) is 3. The maximum atomic E-state index is 11.3. The number of aliphatic carboxylic acids is 1. The number of carboxylic acids is 1. The van der Waals surface area contributed by atoms with E-state index in [-0.39, 0.29) is 5.75 Å². The minimum atomic E-state index is -0.973. The summed E-state index contributed by atoms with van der Waals surface area (Å²) in [5.74, 6) is -0.442. The predicted molar refractivity (Wildman–Crippen MR) is 70.7 cm³/mol. The second-order valence-corrected chi connectivity index (χ2v) is 4.97. The van der Waals surface area contributed by atoms with Crippen molar-refractivity contribution in [3.8, 4) is 5.75 Å². The van der Waals surface area contributed by atoms with Crippen LogP contribution in [0.25, 0.3) is 0 Å². The van der Waals surface area contributed by atoms with Gasteiger partial charge in [0.05, 0.1) is 0 Å². The van der Waals surface area contributed by atoms with E-state index in [1.54, 1.807) is 12.1 Å². The molecule has 0 heterocycles. The van der Waals surface area contributed by atoms with Gasteiger partial charge in [-0.15, -0.1) is 0 Å². The van der Waals surface area contributed by atoms with Gasteiger partial charge in [-0.2, -0.15) is 0 Å². The number of aryl methyl sites for hydroxylation is 1. The van der Waals surface area contributed by atoms with Crippen LogP contribution in [0.2, 0.25) is 0 Å². The number of carboxylic acid groups (broad SMARTS) is 1. The highest BCUT2D eigenvalue weighted by Crippen LogP contribution is 2.25. The molecule has 4 heteroatoms. The first-order valence-electron chi connectivity index (χ1n) is 6.17. The van der Waals surface area contributed by atoms with Gasteiger partial charge in [-0.3, -0.25) is 4.79 Å². The number of aromatic hydroxyl groups is 1. The smallest absolute Gasteiger partial charge is 0.325 e. The van der Waals surface area contributed by atoms with E-state index in [0.29, 0.717) is 18.0 Å². The Morgan fingerprint density at radius 3 is 2.61 bits per heavy atom. The van der Waals surface area contributed by atoms with Crippen molar-refractivity contribution in [2.45, 2.75) is 33.2 Å². The summed E-state index contributed by atoms with van der Waals surface area (Å²) >= 11 is 0. The highest BCUT2D eigenvalue weighted by molar-refractivity contribution is 5.76. The van der Waals surface area contributed by atoms with E-state index in [4.69, 9.17) is 0 Å². The maximum Gasteiger partial charge on any atom is 0.325 e. The number of rotatable bonds is 6. The fourth-order valence-electron chi connectivity index (χ4n) is 1.75. The molecule has 100 valence electrons. The summed E-state index contributed by atoms with van der Waals surface area (Å²) in [4.78, 5) is 11.3. The molecular formula is C14H21NO3. The molecule has 0 amide bonds. The first kappa shape index (κ1) is 14.5. The van der Waals surface area contributed by atoms with E-state index in [1.165, 1.54) is 6.07 Å². The van der Waals surface area contributed by atoms with Crippen LogP contribution in [0, 0.1) is 12.8 Å². The van der Waals surface area contributed by atoms with E-state index in [0.717, 1.165) is 12.0 Å². The van der Waals surface area contributed by atoms with Crippen molar-refractivity contribution in [1.29, 1.82) is 0 Å². The summed E-state index contributed by atoms with van der Waals surface area (Å²) in [5.41, 5.74) is 1.35. The number of benzene rings is 1. The Morgan fingerprint density at radius 2 is 2.06 bits per heavy atom. The van der Waals surface area contributed by atoms with Crippen LogP contribution in [0.15, 0.2) is 18.2 Å². The summed E-state index contributed by atoms with van der Waals surface area (Å²) in [7, 11) is 0. The van der Waals surface area contributed by atoms with Gasteiger partial charge >= 0.3 is 5.97 Å². The van der Waals surface area contributed by atoms with Crippen LogP contribution in [-0.4, -0.2) is 22.7 Å². The molecule has 0 radical (unpaired) electrons. The minimum absolute atomic E-state index is 0.0186. The summed E-state index contributed by atoms with van der Waals surface area (Å²) in [6.45, 7) is 6.65. The fraction of sp³-hybridized carbons (Fsp3) is 0.500. The Morgan fingerprint density at radius 1 is 1.39 bits per heavy atom. The molecule has 0 saturated heterocycles. The van der Waals surface area contributed by atoms with Crippen molar-refractivity contribution < 1.29 is 15.0 Å². The van der Waals surface area contributed by atoms with Crippen LogP contribution in [0.5, 0.6) is 5.75 Å². The Balaban J connectivity index is 2.84. The second kappa shape index (κ2) is 6.40. The standard InChI is InChI=1S/C14H21NO3/c1-9(2)6-7-15-13(14(17)18)11-8-10(3)4-5-12(11)16/h4-5,8-9,13,15-16H,6-7H2,1-3H3,(H,17,18). The lowest BCUT2D eigenvalue weighted by atomic mass is 10.0. The minimum Gasteiger partial charge on any atom is -0.508 e. The molecule has 0 bridgehead atoms. The molecule has 0 fully saturated rings. The lowest BCUT2D eigenvalue weighted by Crippen LogP contribution is -2.30. The first-order chi connectivity index (χ1) is 8.41. The molecule has 1 aromatic rings. The van der Waals surface area contributed by atoms with Gasteiger partial charge in [0.15, 0.2) is 0 Å². The van der Waals surface area contributed by atoms with Crippen molar-refractivity contribution >= 4 is 5.97 Å². The molecule has 1 aromatic carbocycles. The van der Waals surface area contributed by atoms with Crippen LogP contribution < -0.4 is 5.32 Å². The van der Waals surface area contributed by atoms with E-state index in [2.05, 4.69) is 19.2 Å². The average Bonchev–Trinajstić information content (AvgIpc) is 2.27. The van der Waals surface area contributed by atoms with Gasteiger partial charge in [0.25, 0.3) is 0 Å². The molecule has 1 atom stereocenters. The highest BCUT2D eigenvalue weighted by Gasteiger charge is 2.22.